The molecule has 3 nitrogen and oxygen atoms in total. The van der Waals surface area contributed by atoms with E-state index in [4.69, 9.17) is 4.74 Å². The maximum Gasteiger partial charge on any atom is 0.323 e. The molecule has 0 amide bonds. The van der Waals surface area contributed by atoms with Crippen LogP contribution in [-0.2, 0) is 9.53 Å². The number of carbonyl (C=O) groups is 1. The molecule has 0 N–H and O–H groups in total. The quantitative estimate of drug-likeness (QED) is 0.669. The Morgan fingerprint density at radius 2 is 2.00 bits per heavy atom. The van der Waals surface area contributed by atoms with Crippen molar-refractivity contribution in [2.75, 3.05) is 19.7 Å². The van der Waals surface area contributed by atoms with Gasteiger partial charge in [-0.25, -0.2) is 0 Å². The third-order valence-electron chi connectivity index (χ3n) is 3.20. The summed E-state index contributed by atoms with van der Waals surface area (Å²) in [5.41, 5.74) is 0. The lowest BCUT2D eigenvalue weighted by atomic mass is 9.97. The number of esters is 1. The second kappa shape index (κ2) is 6.11. The number of ether oxygens (including phenoxy) is 1. The van der Waals surface area contributed by atoms with E-state index < -0.39 is 0 Å². The van der Waals surface area contributed by atoms with Gasteiger partial charge in [0.15, 0.2) is 0 Å². The molecule has 0 spiro atoms. The van der Waals surface area contributed by atoms with E-state index in [0.29, 0.717) is 6.61 Å². The van der Waals surface area contributed by atoms with E-state index in [9.17, 15) is 4.79 Å². The zero-order valence-corrected chi connectivity index (χ0v) is 10.2. The monoisotopic (exact) mass is 213 g/mol. The lowest BCUT2D eigenvalue weighted by Crippen LogP contribution is -2.45. The molecule has 0 saturated carbocycles. The van der Waals surface area contributed by atoms with Crippen molar-refractivity contribution >= 4 is 5.97 Å². The predicted molar refractivity (Wildman–Crippen MR) is 60.7 cm³/mol. The van der Waals surface area contributed by atoms with Crippen molar-refractivity contribution in [3.05, 3.63) is 0 Å². The standard InChI is InChI=1S/C12H23NO2/c1-4-11(12(14)15-5-2)13-8-6-10(3)7-9-13/h10-11H,4-9H2,1-3H3. The number of hydrogen-bond donors (Lipinski definition) is 0. The molecule has 0 aromatic heterocycles. The van der Waals surface area contributed by atoms with Gasteiger partial charge in [0, 0.05) is 0 Å². The molecule has 1 rings (SSSR count). The summed E-state index contributed by atoms with van der Waals surface area (Å²) in [5.74, 6) is 0.760. The molecule has 1 atom stereocenters. The highest BCUT2D eigenvalue weighted by molar-refractivity contribution is 5.75. The zero-order chi connectivity index (χ0) is 11.3. The summed E-state index contributed by atoms with van der Waals surface area (Å²) in [6.07, 6.45) is 3.26. The molecule has 0 aromatic carbocycles. The van der Waals surface area contributed by atoms with Crippen LogP contribution in [-0.4, -0.2) is 36.6 Å². The fourth-order valence-electron chi connectivity index (χ4n) is 2.15. The van der Waals surface area contributed by atoms with Gasteiger partial charge >= 0.3 is 5.97 Å². The third-order valence-corrected chi connectivity index (χ3v) is 3.20. The molecule has 1 heterocycles. The molecule has 3 heteroatoms. The minimum atomic E-state index is -0.0467. The normalized spacial score (nSPS) is 21.3. The topological polar surface area (TPSA) is 29.5 Å². The Kier molecular flexibility index (Phi) is 5.09. The number of rotatable bonds is 4. The summed E-state index contributed by atoms with van der Waals surface area (Å²) in [6, 6.07) is -0.0163. The van der Waals surface area contributed by atoms with Gasteiger partial charge in [0.05, 0.1) is 6.61 Å². The summed E-state index contributed by atoms with van der Waals surface area (Å²) >= 11 is 0. The Balaban J connectivity index is 2.47. The smallest absolute Gasteiger partial charge is 0.323 e. The van der Waals surface area contributed by atoms with Crippen molar-refractivity contribution in [2.45, 2.75) is 46.1 Å². The van der Waals surface area contributed by atoms with Crippen LogP contribution >= 0.6 is 0 Å². The number of carbonyl (C=O) groups excluding carboxylic acids is 1. The van der Waals surface area contributed by atoms with Gasteiger partial charge < -0.3 is 4.74 Å². The predicted octanol–water partition coefficient (Wildman–Crippen LogP) is 2.06. The maximum atomic E-state index is 11.7. The average molecular weight is 213 g/mol. The summed E-state index contributed by atoms with van der Waals surface area (Å²) in [6.45, 7) is 8.77. The molecule has 15 heavy (non-hydrogen) atoms. The number of nitrogens with zero attached hydrogens (tertiary/aromatic N) is 1. The van der Waals surface area contributed by atoms with Crippen molar-refractivity contribution in [3.63, 3.8) is 0 Å². The Morgan fingerprint density at radius 1 is 1.40 bits per heavy atom. The fraction of sp³-hybridized carbons (Fsp3) is 0.917. The van der Waals surface area contributed by atoms with Crippen molar-refractivity contribution in [1.82, 2.24) is 4.90 Å². The minimum Gasteiger partial charge on any atom is -0.465 e. The number of hydrogen-bond acceptors (Lipinski definition) is 3. The van der Waals surface area contributed by atoms with E-state index in [1.807, 2.05) is 6.92 Å². The van der Waals surface area contributed by atoms with Crippen molar-refractivity contribution in [1.29, 1.82) is 0 Å². The Bertz CT molecular complexity index is 198. The van der Waals surface area contributed by atoms with Gasteiger partial charge in [0.25, 0.3) is 0 Å². The van der Waals surface area contributed by atoms with Crippen LogP contribution in [0.15, 0.2) is 0 Å². The van der Waals surface area contributed by atoms with Crippen LogP contribution in [0.3, 0.4) is 0 Å². The van der Waals surface area contributed by atoms with E-state index in [-0.39, 0.29) is 12.0 Å². The molecule has 0 aromatic rings. The van der Waals surface area contributed by atoms with Crippen LogP contribution in [0.1, 0.15) is 40.0 Å². The van der Waals surface area contributed by atoms with Gasteiger partial charge in [0.1, 0.15) is 6.04 Å². The molecule has 88 valence electrons. The second-order valence-electron chi connectivity index (χ2n) is 4.39. The average Bonchev–Trinajstić information content (AvgIpc) is 2.22. The fourth-order valence-corrected chi connectivity index (χ4v) is 2.15. The Hall–Kier alpha value is -0.570. The highest BCUT2D eigenvalue weighted by Crippen LogP contribution is 2.19. The molecule has 0 radical (unpaired) electrons. The van der Waals surface area contributed by atoms with E-state index in [2.05, 4.69) is 18.7 Å². The molecular formula is C12H23NO2. The van der Waals surface area contributed by atoms with Gasteiger partial charge in [-0.3, -0.25) is 9.69 Å². The molecule has 1 unspecified atom stereocenters. The van der Waals surface area contributed by atoms with Gasteiger partial charge in [0.2, 0.25) is 0 Å². The van der Waals surface area contributed by atoms with Crippen LogP contribution in [0.5, 0.6) is 0 Å². The van der Waals surface area contributed by atoms with Crippen LogP contribution in [0, 0.1) is 5.92 Å². The molecule has 1 saturated heterocycles. The first-order valence-corrected chi connectivity index (χ1v) is 6.09. The molecule has 1 fully saturated rings. The van der Waals surface area contributed by atoms with Crippen LogP contribution in [0.4, 0.5) is 0 Å². The first-order valence-electron chi connectivity index (χ1n) is 6.09. The van der Waals surface area contributed by atoms with E-state index >= 15 is 0 Å². The van der Waals surface area contributed by atoms with E-state index in [0.717, 1.165) is 25.4 Å². The van der Waals surface area contributed by atoms with Crippen LogP contribution < -0.4 is 0 Å². The Morgan fingerprint density at radius 3 is 2.47 bits per heavy atom. The van der Waals surface area contributed by atoms with Crippen molar-refractivity contribution in [3.8, 4) is 0 Å². The lowest BCUT2D eigenvalue weighted by Gasteiger charge is -2.34. The lowest BCUT2D eigenvalue weighted by molar-refractivity contribution is -0.150. The van der Waals surface area contributed by atoms with Gasteiger partial charge in [-0.2, -0.15) is 0 Å². The number of likely N-dealkylation sites (tertiary alicyclic amines) is 1. The highest BCUT2D eigenvalue weighted by atomic mass is 16.5. The van der Waals surface area contributed by atoms with Gasteiger partial charge in [-0.05, 0) is 45.2 Å². The highest BCUT2D eigenvalue weighted by Gasteiger charge is 2.27. The minimum absolute atomic E-state index is 0.0163. The largest absolute Gasteiger partial charge is 0.465 e. The van der Waals surface area contributed by atoms with Gasteiger partial charge in [-0.15, -0.1) is 0 Å². The summed E-state index contributed by atoms with van der Waals surface area (Å²) in [5, 5.41) is 0. The van der Waals surface area contributed by atoms with Crippen LogP contribution in [0.25, 0.3) is 0 Å². The van der Waals surface area contributed by atoms with Gasteiger partial charge in [-0.1, -0.05) is 13.8 Å². The summed E-state index contributed by atoms with van der Waals surface area (Å²) in [4.78, 5) is 14.0. The molecule has 0 aliphatic carbocycles. The molecule has 1 aliphatic rings. The van der Waals surface area contributed by atoms with E-state index in [1.165, 1.54) is 12.8 Å². The molecular weight excluding hydrogens is 190 g/mol. The third kappa shape index (κ3) is 3.49. The molecule has 0 bridgehead atoms. The zero-order valence-electron chi connectivity index (χ0n) is 10.2. The molecule has 1 aliphatic heterocycles. The SMILES string of the molecule is CCOC(=O)C(CC)N1CCC(C)CC1. The first kappa shape index (κ1) is 12.5. The second-order valence-corrected chi connectivity index (χ2v) is 4.39. The van der Waals surface area contributed by atoms with E-state index in [1.54, 1.807) is 0 Å². The number of piperidine rings is 1. The van der Waals surface area contributed by atoms with Crippen molar-refractivity contribution in [2.24, 2.45) is 5.92 Å². The summed E-state index contributed by atoms with van der Waals surface area (Å²) in [7, 11) is 0. The maximum absolute atomic E-state index is 11.7. The first-order chi connectivity index (χ1) is 7.19. The van der Waals surface area contributed by atoms with Crippen LogP contribution in [0.2, 0.25) is 0 Å². The van der Waals surface area contributed by atoms with Crippen molar-refractivity contribution < 1.29 is 9.53 Å². The Labute approximate surface area is 92.8 Å². The summed E-state index contributed by atoms with van der Waals surface area (Å²) < 4.78 is 5.09.